The molecule has 1 aromatic heterocycles. The highest BCUT2D eigenvalue weighted by Gasteiger charge is 2.12. The van der Waals surface area contributed by atoms with Crippen LogP contribution in [-0.4, -0.2) is 18.2 Å². The Morgan fingerprint density at radius 3 is 2.54 bits per heavy atom. The number of nitrogens with one attached hydrogen (secondary N) is 1. The van der Waals surface area contributed by atoms with Crippen molar-refractivity contribution in [2.75, 3.05) is 7.11 Å². The molecule has 0 aliphatic rings. The summed E-state index contributed by atoms with van der Waals surface area (Å²) in [5.74, 6) is 0.799. The Hall–Kier alpha value is -3.08. The van der Waals surface area contributed by atoms with Crippen LogP contribution in [0.25, 0.3) is 11.3 Å². The summed E-state index contributed by atoms with van der Waals surface area (Å²) >= 11 is 0. The molecular weight excluding hydrogens is 328 g/mol. The van der Waals surface area contributed by atoms with Gasteiger partial charge in [-0.25, -0.2) is 0 Å². The Kier molecular flexibility index (Phi) is 5.69. The standard InChI is InChI=1S/C21H22N2O3/c1-15-3-7-17(8-4-15)21-18(14-26-23-21)9-12-20(24)22-13-16-5-10-19(25-2)11-6-16/h3-8,10-11,14H,9,12-13H2,1-2H3,(H,22,24). The molecule has 0 atom stereocenters. The molecule has 1 amide bonds. The second-order valence-electron chi connectivity index (χ2n) is 6.18. The molecule has 0 saturated carbocycles. The van der Waals surface area contributed by atoms with Crippen molar-refractivity contribution < 1.29 is 14.1 Å². The lowest BCUT2D eigenvalue weighted by atomic mass is 10.0. The summed E-state index contributed by atoms with van der Waals surface area (Å²) in [5, 5.41) is 7.02. The minimum Gasteiger partial charge on any atom is -0.497 e. The number of benzene rings is 2. The van der Waals surface area contributed by atoms with Gasteiger partial charge in [-0.3, -0.25) is 4.79 Å². The first kappa shape index (κ1) is 17.7. The molecule has 1 N–H and O–H groups in total. The van der Waals surface area contributed by atoms with E-state index in [1.165, 1.54) is 5.56 Å². The lowest BCUT2D eigenvalue weighted by Gasteiger charge is -2.06. The van der Waals surface area contributed by atoms with Gasteiger partial charge in [-0.2, -0.15) is 0 Å². The van der Waals surface area contributed by atoms with Crippen LogP contribution in [-0.2, 0) is 17.8 Å². The van der Waals surface area contributed by atoms with E-state index in [1.54, 1.807) is 13.4 Å². The van der Waals surface area contributed by atoms with E-state index >= 15 is 0 Å². The van der Waals surface area contributed by atoms with E-state index in [4.69, 9.17) is 9.26 Å². The van der Waals surface area contributed by atoms with Crippen LogP contribution in [0.3, 0.4) is 0 Å². The van der Waals surface area contributed by atoms with Crippen molar-refractivity contribution in [3.63, 3.8) is 0 Å². The van der Waals surface area contributed by atoms with Gasteiger partial charge >= 0.3 is 0 Å². The highest BCUT2D eigenvalue weighted by Crippen LogP contribution is 2.23. The fourth-order valence-electron chi connectivity index (χ4n) is 2.66. The number of nitrogens with zero attached hydrogens (tertiary/aromatic N) is 1. The van der Waals surface area contributed by atoms with Gasteiger partial charge < -0.3 is 14.6 Å². The summed E-state index contributed by atoms with van der Waals surface area (Å²) in [7, 11) is 1.63. The lowest BCUT2D eigenvalue weighted by Crippen LogP contribution is -2.22. The number of rotatable bonds is 7. The quantitative estimate of drug-likeness (QED) is 0.702. The first-order chi connectivity index (χ1) is 12.7. The predicted octanol–water partition coefficient (Wildman–Crippen LogP) is 3.91. The topological polar surface area (TPSA) is 64.4 Å². The van der Waals surface area contributed by atoms with E-state index in [9.17, 15) is 4.79 Å². The molecule has 0 aliphatic heterocycles. The largest absolute Gasteiger partial charge is 0.497 e. The molecule has 134 valence electrons. The van der Waals surface area contributed by atoms with Crippen molar-refractivity contribution in [3.8, 4) is 17.0 Å². The number of aryl methyl sites for hydroxylation is 2. The monoisotopic (exact) mass is 350 g/mol. The number of carbonyl (C=O) groups is 1. The Bertz CT molecular complexity index is 852. The number of amides is 1. The molecule has 5 nitrogen and oxygen atoms in total. The summed E-state index contributed by atoms with van der Waals surface area (Å²) in [6, 6.07) is 15.7. The molecule has 5 heteroatoms. The normalized spacial score (nSPS) is 10.5. The second kappa shape index (κ2) is 8.34. The van der Waals surface area contributed by atoms with Crippen molar-refractivity contribution in [1.82, 2.24) is 10.5 Å². The van der Waals surface area contributed by atoms with E-state index in [0.717, 1.165) is 28.1 Å². The maximum Gasteiger partial charge on any atom is 0.220 e. The maximum atomic E-state index is 12.1. The van der Waals surface area contributed by atoms with Gasteiger partial charge in [-0.15, -0.1) is 0 Å². The van der Waals surface area contributed by atoms with Gasteiger partial charge in [0.15, 0.2) is 0 Å². The molecule has 0 saturated heterocycles. The zero-order chi connectivity index (χ0) is 18.4. The van der Waals surface area contributed by atoms with Crippen LogP contribution in [0, 0.1) is 6.92 Å². The minimum absolute atomic E-state index is 0.00289. The van der Waals surface area contributed by atoms with E-state index in [2.05, 4.69) is 10.5 Å². The molecule has 26 heavy (non-hydrogen) atoms. The first-order valence-corrected chi connectivity index (χ1v) is 8.55. The molecule has 0 aliphatic carbocycles. The Balaban J connectivity index is 1.53. The summed E-state index contributed by atoms with van der Waals surface area (Å²) in [4.78, 5) is 12.1. The molecule has 0 radical (unpaired) electrons. The molecular formula is C21H22N2O3. The number of ether oxygens (including phenoxy) is 1. The molecule has 0 unspecified atom stereocenters. The zero-order valence-electron chi connectivity index (χ0n) is 15.0. The Morgan fingerprint density at radius 1 is 1.12 bits per heavy atom. The average molecular weight is 350 g/mol. The Labute approximate surface area is 153 Å². The molecule has 2 aromatic carbocycles. The molecule has 0 spiro atoms. The van der Waals surface area contributed by atoms with Gasteiger partial charge in [0.25, 0.3) is 0 Å². The minimum atomic E-state index is -0.00289. The van der Waals surface area contributed by atoms with Crippen molar-refractivity contribution in [3.05, 3.63) is 71.5 Å². The summed E-state index contributed by atoms with van der Waals surface area (Å²) < 4.78 is 10.2. The maximum absolute atomic E-state index is 12.1. The van der Waals surface area contributed by atoms with E-state index in [-0.39, 0.29) is 5.91 Å². The van der Waals surface area contributed by atoms with E-state index in [0.29, 0.717) is 19.4 Å². The van der Waals surface area contributed by atoms with Gasteiger partial charge in [0.05, 0.1) is 7.11 Å². The third kappa shape index (κ3) is 4.51. The summed E-state index contributed by atoms with van der Waals surface area (Å²) in [5.41, 5.74) is 4.96. The van der Waals surface area contributed by atoms with Crippen LogP contribution in [0.1, 0.15) is 23.1 Å². The molecule has 1 heterocycles. The smallest absolute Gasteiger partial charge is 0.220 e. The van der Waals surface area contributed by atoms with Crippen molar-refractivity contribution in [2.45, 2.75) is 26.3 Å². The van der Waals surface area contributed by atoms with Gasteiger partial charge in [-0.1, -0.05) is 47.1 Å². The van der Waals surface area contributed by atoms with Gasteiger partial charge in [0.2, 0.25) is 5.91 Å². The molecule has 0 fully saturated rings. The number of hydrogen-bond donors (Lipinski definition) is 1. The van der Waals surface area contributed by atoms with Crippen LogP contribution in [0.5, 0.6) is 5.75 Å². The highest BCUT2D eigenvalue weighted by molar-refractivity contribution is 5.76. The fraction of sp³-hybridized carbons (Fsp3) is 0.238. The Morgan fingerprint density at radius 2 is 1.85 bits per heavy atom. The summed E-state index contributed by atoms with van der Waals surface area (Å²) in [6.45, 7) is 2.54. The van der Waals surface area contributed by atoms with E-state index in [1.807, 2.05) is 55.5 Å². The SMILES string of the molecule is COc1ccc(CNC(=O)CCc2conc2-c2ccc(C)cc2)cc1. The number of carbonyl (C=O) groups excluding carboxylic acids is 1. The van der Waals surface area contributed by atoms with Crippen LogP contribution in [0.2, 0.25) is 0 Å². The fourth-order valence-corrected chi connectivity index (χ4v) is 2.66. The average Bonchev–Trinajstić information content (AvgIpc) is 3.14. The highest BCUT2D eigenvalue weighted by atomic mass is 16.5. The number of hydrogen-bond acceptors (Lipinski definition) is 4. The van der Waals surface area contributed by atoms with Crippen LogP contribution in [0.15, 0.2) is 59.3 Å². The van der Waals surface area contributed by atoms with Crippen LogP contribution >= 0.6 is 0 Å². The molecule has 0 bridgehead atoms. The van der Waals surface area contributed by atoms with Crippen molar-refractivity contribution >= 4 is 5.91 Å². The number of methoxy groups -OCH3 is 1. The molecule has 3 aromatic rings. The molecule has 3 rings (SSSR count). The van der Waals surface area contributed by atoms with Gasteiger partial charge in [0, 0.05) is 24.1 Å². The first-order valence-electron chi connectivity index (χ1n) is 8.55. The number of aromatic nitrogens is 1. The zero-order valence-corrected chi connectivity index (χ0v) is 15.0. The predicted molar refractivity (Wildman–Crippen MR) is 99.8 cm³/mol. The third-order valence-electron chi connectivity index (χ3n) is 4.24. The van der Waals surface area contributed by atoms with E-state index < -0.39 is 0 Å². The van der Waals surface area contributed by atoms with Crippen molar-refractivity contribution in [1.29, 1.82) is 0 Å². The lowest BCUT2D eigenvalue weighted by molar-refractivity contribution is -0.121. The van der Waals surface area contributed by atoms with Crippen molar-refractivity contribution in [2.24, 2.45) is 0 Å². The van der Waals surface area contributed by atoms with Crippen LogP contribution in [0.4, 0.5) is 0 Å². The second-order valence-corrected chi connectivity index (χ2v) is 6.18. The summed E-state index contributed by atoms with van der Waals surface area (Å²) in [6.07, 6.45) is 2.59. The third-order valence-corrected chi connectivity index (χ3v) is 4.24. The van der Waals surface area contributed by atoms with Gasteiger partial charge in [-0.05, 0) is 31.0 Å². The van der Waals surface area contributed by atoms with Gasteiger partial charge in [0.1, 0.15) is 17.7 Å². The van der Waals surface area contributed by atoms with Crippen LogP contribution < -0.4 is 10.1 Å².